The smallest absolute Gasteiger partial charge is 0.235 e. The third kappa shape index (κ3) is 5.81. The Morgan fingerprint density at radius 3 is 1.22 bits per heavy atom. The van der Waals surface area contributed by atoms with Crippen molar-refractivity contribution in [2.24, 2.45) is 0 Å². The molecule has 8 aromatic carbocycles. The normalized spacial score (nSPS) is 11.5. The number of aromatic nitrogens is 4. The molecule has 0 aliphatic carbocycles. The van der Waals surface area contributed by atoms with E-state index in [9.17, 15) is 9.59 Å². The van der Waals surface area contributed by atoms with Crippen molar-refractivity contribution in [1.82, 2.24) is 19.1 Å². The van der Waals surface area contributed by atoms with Gasteiger partial charge in [0.05, 0.1) is 33.5 Å². The molecule has 3 aromatic heterocycles. The number of benzene rings is 8. The summed E-state index contributed by atoms with van der Waals surface area (Å²) in [4.78, 5) is 37.5. The number of hydrogen-bond acceptors (Lipinski definition) is 4. The molecule has 6 nitrogen and oxygen atoms in total. The van der Waals surface area contributed by atoms with E-state index in [0.717, 1.165) is 60.4 Å². The molecule has 0 bridgehead atoms. The summed E-state index contributed by atoms with van der Waals surface area (Å²) in [5.41, 5.74) is 10.7. The Balaban J connectivity index is 1.16. The van der Waals surface area contributed by atoms with Crippen LogP contribution in [0.25, 0.3) is 77.8 Å². The van der Waals surface area contributed by atoms with Gasteiger partial charge in [0, 0.05) is 60.6 Å². The first-order chi connectivity index (χ1) is 29.6. The minimum Gasteiger partial charge on any atom is -0.307 e. The lowest BCUT2D eigenvalue weighted by Crippen LogP contribution is -2.06. The van der Waals surface area contributed by atoms with Crippen LogP contribution in [0.15, 0.2) is 206 Å². The summed E-state index contributed by atoms with van der Waals surface area (Å²) in [7, 11) is 0. The largest absolute Gasteiger partial charge is 0.307 e. The zero-order valence-corrected chi connectivity index (χ0v) is 32.2. The molecule has 0 unspecified atom stereocenters. The number of carbonyl (C=O) groups excluding carboxylic acids is 2. The van der Waals surface area contributed by atoms with E-state index in [0.29, 0.717) is 39.6 Å². The Hall–Kier alpha value is -8.22. The lowest BCUT2D eigenvalue weighted by Gasteiger charge is -2.14. The lowest BCUT2D eigenvalue weighted by molar-refractivity contribution is 0.103. The second-order valence-electron chi connectivity index (χ2n) is 14.9. The highest BCUT2D eigenvalue weighted by molar-refractivity contribution is 6.23. The van der Waals surface area contributed by atoms with Gasteiger partial charge < -0.3 is 4.57 Å². The van der Waals surface area contributed by atoms with Crippen molar-refractivity contribution in [2.45, 2.75) is 0 Å². The molecule has 0 spiro atoms. The average molecular weight is 771 g/mol. The van der Waals surface area contributed by atoms with Crippen molar-refractivity contribution in [3.8, 4) is 34.2 Å². The first-order valence-corrected chi connectivity index (χ1v) is 19.9. The number of nitrogens with zero attached hydrogens (tertiary/aromatic N) is 4. The average Bonchev–Trinajstić information content (AvgIpc) is 3.85. The third-order valence-electron chi connectivity index (χ3n) is 11.4. The Labute approximate surface area is 345 Å². The van der Waals surface area contributed by atoms with Crippen molar-refractivity contribution in [2.75, 3.05) is 0 Å². The highest BCUT2D eigenvalue weighted by Gasteiger charge is 2.23. The molecular weight excluding hydrogens is 737 g/mol. The minimum atomic E-state index is -0.0422. The molecule has 0 N–H and O–H groups in total. The Morgan fingerprint density at radius 2 is 0.733 bits per heavy atom. The predicted molar refractivity (Wildman–Crippen MR) is 241 cm³/mol. The standard InChI is InChI=1S/C54H34N4O2/c59-52(37-14-4-1-5-15-37)39-28-24-35(25-29-39)46-34-47(36-26-30-40(31-27-36)53(60)38-16-6-2-7-17-38)56-54(55-46)58-49-23-13-11-21-43(49)45-33-32-44-42-20-10-12-22-48(42)57(50(44)51(45)58)41-18-8-3-9-19-41/h1-34H. The van der Waals surface area contributed by atoms with Gasteiger partial charge in [-0.3, -0.25) is 14.2 Å². The molecule has 282 valence electrons. The zero-order chi connectivity index (χ0) is 40.2. The number of carbonyl (C=O) groups is 2. The van der Waals surface area contributed by atoms with Gasteiger partial charge in [-0.15, -0.1) is 0 Å². The Bertz CT molecular complexity index is 3310. The number of ketones is 2. The van der Waals surface area contributed by atoms with E-state index in [1.54, 1.807) is 0 Å². The van der Waals surface area contributed by atoms with E-state index in [4.69, 9.17) is 9.97 Å². The van der Waals surface area contributed by atoms with Crippen LogP contribution < -0.4 is 0 Å². The van der Waals surface area contributed by atoms with E-state index in [2.05, 4.69) is 94.1 Å². The Kier molecular flexibility index (Phi) is 8.34. The van der Waals surface area contributed by atoms with Gasteiger partial charge in [0.2, 0.25) is 5.95 Å². The zero-order valence-electron chi connectivity index (χ0n) is 32.2. The van der Waals surface area contributed by atoms with Crippen LogP contribution in [0.4, 0.5) is 0 Å². The van der Waals surface area contributed by atoms with Crippen LogP contribution in [0.1, 0.15) is 31.8 Å². The van der Waals surface area contributed by atoms with E-state index in [1.807, 2.05) is 121 Å². The van der Waals surface area contributed by atoms with E-state index < -0.39 is 0 Å². The topological polar surface area (TPSA) is 69.8 Å². The molecule has 0 fully saturated rings. The van der Waals surface area contributed by atoms with Gasteiger partial charge in [-0.05, 0) is 30.3 Å². The predicted octanol–water partition coefficient (Wildman–Crippen LogP) is 12.5. The summed E-state index contributed by atoms with van der Waals surface area (Å²) in [6, 6.07) is 67.7. The van der Waals surface area contributed by atoms with Crippen molar-refractivity contribution in [1.29, 1.82) is 0 Å². The van der Waals surface area contributed by atoms with Crippen molar-refractivity contribution in [3.05, 3.63) is 229 Å². The lowest BCUT2D eigenvalue weighted by atomic mass is 9.99. The molecule has 0 aliphatic rings. The van der Waals surface area contributed by atoms with Crippen molar-refractivity contribution >= 4 is 55.2 Å². The van der Waals surface area contributed by atoms with Gasteiger partial charge in [-0.25, -0.2) is 9.97 Å². The van der Waals surface area contributed by atoms with E-state index in [-0.39, 0.29) is 11.6 Å². The summed E-state index contributed by atoms with van der Waals surface area (Å²) in [5, 5.41) is 4.45. The van der Waals surface area contributed by atoms with Crippen molar-refractivity contribution < 1.29 is 9.59 Å². The highest BCUT2D eigenvalue weighted by atomic mass is 16.1. The number of fused-ring (bicyclic) bond motifs is 7. The van der Waals surface area contributed by atoms with Gasteiger partial charge in [0.15, 0.2) is 11.6 Å². The number of rotatable bonds is 8. The van der Waals surface area contributed by atoms with Crippen LogP contribution in [0.5, 0.6) is 0 Å². The molecule has 0 saturated heterocycles. The van der Waals surface area contributed by atoms with Gasteiger partial charge >= 0.3 is 0 Å². The Morgan fingerprint density at radius 1 is 0.350 bits per heavy atom. The molecule has 0 radical (unpaired) electrons. The molecule has 6 heteroatoms. The second kappa shape index (κ2) is 14.3. The van der Waals surface area contributed by atoms with Crippen LogP contribution in [0, 0.1) is 0 Å². The van der Waals surface area contributed by atoms with Crippen LogP contribution in [0.3, 0.4) is 0 Å². The van der Waals surface area contributed by atoms with Crippen LogP contribution in [-0.4, -0.2) is 30.7 Å². The van der Waals surface area contributed by atoms with Crippen LogP contribution in [-0.2, 0) is 0 Å². The summed E-state index contributed by atoms with van der Waals surface area (Å²) in [5.74, 6) is 0.416. The first-order valence-electron chi connectivity index (χ1n) is 19.9. The highest BCUT2D eigenvalue weighted by Crippen LogP contribution is 2.41. The molecule has 0 amide bonds. The van der Waals surface area contributed by atoms with Gasteiger partial charge in [-0.2, -0.15) is 0 Å². The van der Waals surface area contributed by atoms with E-state index in [1.165, 1.54) is 0 Å². The molecule has 11 rings (SSSR count). The molecular formula is C54H34N4O2. The molecule has 0 aliphatic heterocycles. The summed E-state index contributed by atoms with van der Waals surface area (Å²) >= 11 is 0. The fourth-order valence-electron chi connectivity index (χ4n) is 8.48. The second-order valence-corrected chi connectivity index (χ2v) is 14.9. The molecule has 60 heavy (non-hydrogen) atoms. The summed E-state index contributed by atoms with van der Waals surface area (Å²) < 4.78 is 4.54. The summed E-state index contributed by atoms with van der Waals surface area (Å²) in [6.45, 7) is 0. The van der Waals surface area contributed by atoms with Gasteiger partial charge in [0.25, 0.3) is 0 Å². The molecule has 3 heterocycles. The molecule has 11 aromatic rings. The quantitative estimate of drug-likeness (QED) is 0.144. The van der Waals surface area contributed by atoms with Crippen LogP contribution >= 0.6 is 0 Å². The van der Waals surface area contributed by atoms with Crippen molar-refractivity contribution in [3.63, 3.8) is 0 Å². The third-order valence-corrected chi connectivity index (χ3v) is 11.4. The van der Waals surface area contributed by atoms with E-state index >= 15 is 0 Å². The molecule has 0 atom stereocenters. The van der Waals surface area contributed by atoms with Crippen LogP contribution in [0.2, 0.25) is 0 Å². The fraction of sp³-hybridized carbons (Fsp3) is 0. The molecule has 0 saturated carbocycles. The SMILES string of the molecule is O=C(c1ccccc1)c1ccc(-c2cc(-c3ccc(C(=O)c4ccccc4)cc3)nc(-n3c4ccccc4c4ccc5c6ccccc6n(-c6ccccc6)c5c43)n2)cc1. The summed E-state index contributed by atoms with van der Waals surface area (Å²) in [6.07, 6.45) is 0. The van der Waals surface area contributed by atoms with Gasteiger partial charge in [0.1, 0.15) is 0 Å². The monoisotopic (exact) mass is 770 g/mol. The first kappa shape index (κ1) is 35.0. The fourth-order valence-corrected chi connectivity index (χ4v) is 8.48. The maximum atomic E-state index is 13.4. The minimum absolute atomic E-state index is 0.0422. The van der Waals surface area contributed by atoms with Gasteiger partial charge in [-0.1, -0.05) is 176 Å². The number of hydrogen-bond donors (Lipinski definition) is 0. The number of para-hydroxylation sites is 3. The maximum absolute atomic E-state index is 13.4. The maximum Gasteiger partial charge on any atom is 0.235 e.